The first-order valence-electron chi connectivity index (χ1n) is 7.04. The van der Waals surface area contributed by atoms with E-state index >= 15 is 0 Å². The minimum Gasteiger partial charge on any atom is -0.496 e. The maximum absolute atomic E-state index is 14.1. The van der Waals surface area contributed by atoms with E-state index < -0.39 is 35.1 Å². The standard InChI is InChI=1S/C16H20FNO4/c1-16(2,3)14-9(8-18(14)15(20)21)13(19)12-10(17)6-5-7-11(12)22-4/h5-7,9,14H,8H2,1-4H3,(H,20,21). The molecule has 0 saturated carbocycles. The molecule has 22 heavy (non-hydrogen) atoms. The number of halogens is 1. The largest absolute Gasteiger partial charge is 0.496 e. The van der Waals surface area contributed by atoms with Crippen LogP contribution in [-0.4, -0.2) is 41.6 Å². The molecule has 2 rings (SSSR count). The van der Waals surface area contributed by atoms with Gasteiger partial charge in [0, 0.05) is 6.54 Å². The summed E-state index contributed by atoms with van der Waals surface area (Å²) in [5, 5.41) is 9.21. The number of benzene rings is 1. The monoisotopic (exact) mass is 309 g/mol. The van der Waals surface area contributed by atoms with E-state index in [9.17, 15) is 19.1 Å². The molecule has 0 spiro atoms. The zero-order chi connectivity index (χ0) is 16.7. The number of methoxy groups -OCH3 is 1. The zero-order valence-electron chi connectivity index (χ0n) is 13.1. The molecule has 1 heterocycles. The average Bonchev–Trinajstić information content (AvgIpc) is 2.34. The number of rotatable bonds is 3. The molecule has 1 aliphatic heterocycles. The Hall–Kier alpha value is -2.11. The summed E-state index contributed by atoms with van der Waals surface area (Å²) in [4.78, 5) is 25.2. The number of hydrogen-bond acceptors (Lipinski definition) is 3. The van der Waals surface area contributed by atoms with E-state index in [0.717, 1.165) is 0 Å². The van der Waals surface area contributed by atoms with E-state index in [-0.39, 0.29) is 17.9 Å². The Morgan fingerprint density at radius 3 is 2.50 bits per heavy atom. The molecule has 1 aromatic carbocycles. The van der Waals surface area contributed by atoms with Crippen LogP contribution in [0, 0.1) is 17.2 Å². The van der Waals surface area contributed by atoms with Gasteiger partial charge in [0.1, 0.15) is 11.6 Å². The van der Waals surface area contributed by atoms with Crippen molar-refractivity contribution in [2.24, 2.45) is 11.3 Å². The van der Waals surface area contributed by atoms with Crippen molar-refractivity contribution < 1.29 is 23.8 Å². The van der Waals surface area contributed by atoms with Crippen molar-refractivity contribution in [2.75, 3.05) is 13.7 Å². The van der Waals surface area contributed by atoms with Crippen molar-refractivity contribution in [3.05, 3.63) is 29.6 Å². The van der Waals surface area contributed by atoms with Crippen molar-refractivity contribution in [3.8, 4) is 5.75 Å². The minimum atomic E-state index is -1.07. The number of likely N-dealkylation sites (tertiary alicyclic amines) is 1. The molecule has 1 aliphatic rings. The van der Waals surface area contributed by atoms with Gasteiger partial charge in [-0.3, -0.25) is 4.79 Å². The first-order chi connectivity index (χ1) is 10.2. The maximum Gasteiger partial charge on any atom is 0.407 e. The van der Waals surface area contributed by atoms with Gasteiger partial charge in [0.05, 0.1) is 24.6 Å². The predicted molar refractivity (Wildman–Crippen MR) is 78.7 cm³/mol. The lowest BCUT2D eigenvalue weighted by molar-refractivity contribution is -0.0238. The highest BCUT2D eigenvalue weighted by atomic mass is 19.1. The van der Waals surface area contributed by atoms with E-state index in [4.69, 9.17) is 4.74 Å². The smallest absolute Gasteiger partial charge is 0.407 e. The number of Topliss-reactive ketones (excluding diaryl/α,β-unsaturated/α-hetero) is 1. The molecule has 1 aromatic rings. The third-order valence-corrected chi connectivity index (χ3v) is 4.02. The van der Waals surface area contributed by atoms with Crippen LogP contribution in [0.15, 0.2) is 18.2 Å². The number of ketones is 1. The fourth-order valence-corrected chi connectivity index (χ4v) is 3.10. The third kappa shape index (κ3) is 2.65. The predicted octanol–water partition coefficient (Wildman–Crippen LogP) is 3.04. The molecule has 1 saturated heterocycles. The fraction of sp³-hybridized carbons (Fsp3) is 0.500. The second kappa shape index (κ2) is 5.59. The van der Waals surface area contributed by atoms with Crippen molar-refractivity contribution in [1.29, 1.82) is 0 Å². The molecular weight excluding hydrogens is 289 g/mol. The van der Waals surface area contributed by atoms with Gasteiger partial charge in [-0.2, -0.15) is 0 Å². The summed E-state index contributed by atoms with van der Waals surface area (Å²) < 4.78 is 19.1. The Kier molecular flexibility index (Phi) is 4.13. The molecule has 1 N–H and O–H groups in total. The molecule has 5 nitrogen and oxygen atoms in total. The fourth-order valence-electron chi connectivity index (χ4n) is 3.10. The summed E-state index contributed by atoms with van der Waals surface area (Å²) >= 11 is 0. The number of carbonyl (C=O) groups is 2. The Labute approximate surface area is 128 Å². The van der Waals surface area contributed by atoms with Crippen LogP contribution in [0.3, 0.4) is 0 Å². The summed E-state index contributed by atoms with van der Waals surface area (Å²) in [6, 6.07) is 3.71. The van der Waals surface area contributed by atoms with Gasteiger partial charge in [-0.1, -0.05) is 26.8 Å². The van der Waals surface area contributed by atoms with Gasteiger partial charge < -0.3 is 14.7 Å². The van der Waals surface area contributed by atoms with Gasteiger partial charge in [-0.15, -0.1) is 0 Å². The molecule has 2 unspecified atom stereocenters. The highest BCUT2D eigenvalue weighted by molar-refractivity contribution is 6.02. The SMILES string of the molecule is COc1cccc(F)c1C(=O)C1CN(C(=O)O)C1C(C)(C)C. The lowest BCUT2D eigenvalue weighted by Crippen LogP contribution is -2.65. The molecule has 120 valence electrons. The Morgan fingerprint density at radius 1 is 1.36 bits per heavy atom. The molecule has 1 amide bonds. The first-order valence-corrected chi connectivity index (χ1v) is 7.04. The summed E-state index contributed by atoms with van der Waals surface area (Å²) in [7, 11) is 1.37. The summed E-state index contributed by atoms with van der Waals surface area (Å²) in [5.74, 6) is -1.45. The number of nitrogens with zero attached hydrogens (tertiary/aromatic N) is 1. The van der Waals surface area contributed by atoms with Crippen molar-refractivity contribution >= 4 is 11.9 Å². The number of amides is 1. The summed E-state index contributed by atoms with van der Waals surface area (Å²) in [6.45, 7) is 5.68. The van der Waals surface area contributed by atoms with E-state index in [1.165, 1.54) is 30.2 Å². The van der Waals surface area contributed by atoms with Gasteiger partial charge in [-0.25, -0.2) is 9.18 Å². The van der Waals surface area contributed by atoms with Crippen molar-refractivity contribution in [2.45, 2.75) is 26.8 Å². The van der Waals surface area contributed by atoms with Crippen LogP contribution in [0.2, 0.25) is 0 Å². The number of ether oxygens (including phenoxy) is 1. The van der Waals surface area contributed by atoms with Gasteiger partial charge in [0.25, 0.3) is 0 Å². The highest BCUT2D eigenvalue weighted by Gasteiger charge is 2.52. The molecule has 2 atom stereocenters. The zero-order valence-corrected chi connectivity index (χ0v) is 13.1. The van der Waals surface area contributed by atoms with Gasteiger partial charge >= 0.3 is 6.09 Å². The number of carboxylic acid groups (broad SMARTS) is 1. The highest BCUT2D eigenvalue weighted by Crippen LogP contribution is 2.41. The van der Waals surface area contributed by atoms with Crippen LogP contribution in [0.4, 0.5) is 9.18 Å². The average molecular weight is 309 g/mol. The molecule has 1 fully saturated rings. The van der Waals surface area contributed by atoms with E-state index in [1.54, 1.807) is 0 Å². The van der Waals surface area contributed by atoms with E-state index in [1.807, 2.05) is 20.8 Å². The lowest BCUT2D eigenvalue weighted by atomic mass is 9.69. The quantitative estimate of drug-likeness (QED) is 0.872. The summed E-state index contributed by atoms with van der Waals surface area (Å²) in [6.07, 6.45) is -1.07. The van der Waals surface area contributed by atoms with Crippen LogP contribution in [0.5, 0.6) is 5.75 Å². The third-order valence-electron chi connectivity index (χ3n) is 4.02. The molecule has 6 heteroatoms. The van der Waals surface area contributed by atoms with Crippen LogP contribution >= 0.6 is 0 Å². The molecule has 0 aromatic heterocycles. The van der Waals surface area contributed by atoms with Crippen LogP contribution in [0.1, 0.15) is 31.1 Å². The van der Waals surface area contributed by atoms with Crippen LogP contribution in [-0.2, 0) is 0 Å². The maximum atomic E-state index is 14.1. The molecular formula is C16H20FNO4. The molecule has 0 radical (unpaired) electrons. The van der Waals surface area contributed by atoms with Crippen LogP contribution < -0.4 is 4.74 Å². The molecule has 0 bridgehead atoms. The second-order valence-electron chi connectivity index (χ2n) is 6.53. The van der Waals surface area contributed by atoms with Gasteiger partial charge in [0.2, 0.25) is 0 Å². The number of carbonyl (C=O) groups excluding carboxylic acids is 1. The van der Waals surface area contributed by atoms with Gasteiger partial charge in [0.15, 0.2) is 5.78 Å². The molecule has 0 aliphatic carbocycles. The Morgan fingerprint density at radius 2 is 2.00 bits per heavy atom. The van der Waals surface area contributed by atoms with Gasteiger partial charge in [-0.05, 0) is 17.5 Å². The van der Waals surface area contributed by atoms with Crippen molar-refractivity contribution in [1.82, 2.24) is 4.90 Å². The Bertz CT molecular complexity index is 609. The van der Waals surface area contributed by atoms with Crippen LogP contribution in [0.25, 0.3) is 0 Å². The normalized spacial score (nSPS) is 21.2. The number of hydrogen-bond donors (Lipinski definition) is 1. The second-order valence-corrected chi connectivity index (χ2v) is 6.53. The topological polar surface area (TPSA) is 66.8 Å². The minimum absolute atomic E-state index is 0.0770. The lowest BCUT2D eigenvalue weighted by Gasteiger charge is -2.52. The van der Waals surface area contributed by atoms with E-state index in [0.29, 0.717) is 0 Å². The summed E-state index contributed by atoms with van der Waals surface area (Å²) in [5.41, 5.74) is -0.524. The van der Waals surface area contributed by atoms with Crippen molar-refractivity contribution in [3.63, 3.8) is 0 Å². The Balaban J connectivity index is 2.37. The van der Waals surface area contributed by atoms with E-state index in [2.05, 4.69) is 0 Å². The first kappa shape index (κ1) is 16.3.